The lowest BCUT2D eigenvalue weighted by molar-refractivity contribution is -0.150. The monoisotopic (exact) mass is 618 g/mol. The van der Waals surface area contributed by atoms with Crippen molar-refractivity contribution in [3.8, 4) is 11.3 Å². The number of carbonyl (C=O) groups is 2. The van der Waals surface area contributed by atoms with E-state index in [9.17, 15) is 14.7 Å². The number of alkyl carbamates (subject to hydrolysis) is 1. The summed E-state index contributed by atoms with van der Waals surface area (Å²) in [4.78, 5) is 38.5. The molecule has 0 aliphatic rings. The van der Waals surface area contributed by atoms with E-state index in [4.69, 9.17) is 9.47 Å². The third kappa shape index (κ3) is 9.35. The first-order valence-corrected chi connectivity index (χ1v) is 15.0. The molecule has 13 nitrogen and oxygen atoms in total. The number of fused-ring (bicyclic) bond motifs is 1. The summed E-state index contributed by atoms with van der Waals surface area (Å²) in [5, 5.41) is 23.9. The molecule has 240 valence electrons. The number of ether oxygens (including phenoxy) is 2. The van der Waals surface area contributed by atoms with Gasteiger partial charge in [-0.05, 0) is 50.8 Å². The van der Waals surface area contributed by atoms with Crippen molar-refractivity contribution < 1.29 is 24.2 Å². The van der Waals surface area contributed by atoms with Gasteiger partial charge in [-0.1, -0.05) is 51.1 Å². The molecular formula is C32H42N8O5. The highest BCUT2D eigenvalue weighted by atomic mass is 16.6. The summed E-state index contributed by atoms with van der Waals surface area (Å²) in [7, 11) is 0. The van der Waals surface area contributed by atoms with E-state index in [0.717, 1.165) is 28.8 Å². The Morgan fingerprint density at radius 2 is 1.80 bits per heavy atom. The van der Waals surface area contributed by atoms with Crippen LogP contribution < -0.4 is 16.0 Å². The van der Waals surface area contributed by atoms with Crippen molar-refractivity contribution in [3.63, 3.8) is 0 Å². The SMILES string of the molecule is CCc1cnn2c(NCc3ccc(-c4ccccn4)cc3)nc(NC[C@@H](O)COC(=O)[C@H](NC(=O)OC(C)(C)C)C(C)C)nc12. The summed E-state index contributed by atoms with van der Waals surface area (Å²) in [5.41, 5.74) is 3.84. The molecule has 0 saturated heterocycles. The van der Waals surface area contributed by atoms with Crippen LogP contribution in [0.4, 0.5) is 16.7 Å². The zero-order chi connectivity index (χ0) is 32.6. The second-order valence-electron chi connectivity index (χ2n) is 11.9. The van der Waals surface area contributed by atoms with Crippen LogP contribution in [0.3, 0.4) is 0 Å². The van der Waals surface area contributed by atoms with E-state index in [0.29, 0.717) is 18.1 Å². The van der Waals surface area contributed by atoms with Gasteiger partial charge in [0.25, 0.3) is 0 Å². The molecule has 0 unspecified atom stereocenters. The summed E-state index contributed by atoms with van der Waals surface area (Å²) in [6.45, 7) is 11.0. The summed E-state index contributed by atoms with van der Waals surface area (Å²) in [6, 6.07) is 13.0. The van der Waals surface area contributed by atoms with Gasteiger partial charge in [-0.15, -0.1) is 0 Å². The first kappa shape index (κ1) is 33.1. The number of anilines is 2. The molecule has 45 heavy (non-hydrogen) atoms. The van der Waals surface area contributed by atoms with Gasteiger partial charge in [-0.25, -0.2) is 9.59 Å². The maximum atomic E-state index is 12.7. The maximum Gasteiger partial charge on any atom is 0.408 e. The van der Waals surface area contributed by atoms with Gasteiger partial charge in [0, 0.05) is 30.4 Å². The molecule has 0 spiro atoms. The minimum absolute atomic E-state index is 0.0132. The summed E-state index contributed by atoms with van der Waals surface area (Å²) in [5.74, 6) is -0.167. The number of aryl methyl sites for hydroxylation is 1. The number of esters is 1. The average Bonchev–Trinajstić information content (AvgIpc) is 3.43. The molecule has 13 heteroatoms. The lowest BCUT2D eigenvalue weighted by atomic mass is 10.1. The molecule has 3 heterocycles. The highest BCUT2D eigenvalue weighted by molar-refractivity contribution is 5.81. The van der Waals surface area contributed by atoms with E-state index in [2.05, 4.69) is 36.0 Å². The number of amides is 1. The van der Waals surface area contributed by atoms with Crippen LogP contribution in [0.5, 0.6) is 0 Å². The molecule has 0 radical (unpaired) electrons. The Kier molecular flexibility index (Phi) is 10.9. The number of aliphatic hydroxyl groups is 1. The van der Waals surface area contributed by atoms with Crippen molar-refractivity contribution in [2.45, 2.75) is 72.3 Å². The van der Waals surface area contributed by atoms with Crippen molar-refractivity contribution >= 4 is 29.6 Å². The molecule has 3 aromatic heterocycles. The lowest BCUT2D eigenvalue weighted by Gasteiger charge is -2.25. The highest BCUT2D eigenvalue weighted by Gasteiger charge is 2.28. The number of nitrogens with zero attached hydrogens (tertiary/aromatic N) is 5. The fourth-order valence-corrected chi connectivity index (χ4v) is 4.34. The Hall–Kier alpha value is -4.78. The van der Waals surface area contributed by atoms with E-state index >= 15 is 0 Å². The Morgan fingerprint density at radius 1 is 1.04 bits per heavy atom. The van der Waals surface area contributed by atoms with Crippen LogP contribution in [-0.4, -0.2) is 72.6 Å². The fraction of sp³-hybridized carbons (Fsp3) is 0.438. The number of hydrogen-bond donors (Lipinski definition) is 4. The molecule has 4 N–H and O–H groups in total. The van der Waals surface area contributed by atoms with Gasteiger partial charge >= 0.3 is 12.1 Å². The third-order valence-electron chi connectivity index (χ3n) is 6.69. The number of aromatic nitrogens is 5. The van der Waals surface area contributed by atoms with Crippen LogP contribution in [0.25, 0.3) is 16.9 Å². The third-order valence-corrected chi connectivity index (χ3v) is 6.69. The van der Waals surface area contributed by atoms with Crippen molar-refractivity contribution in [2.75, 3.05) is 23.8 Å². The minimum atomic E-state index is -1.06. The standard InChI is InChI=1S/C32H42N8O5/c1-7-22-17-36-40-27(22)38-29(39-30(40)35-16-21-11-13-23(14-12-21)25-10-8-9-15-33-25)34-18-24(41)19-44-28(42)26(20(2)3)37-31(43)45-32(4,5)6/h8-15,17,20,24,26,41H,7,16,18-19H2,1-6H3,(H,37,43)(H2,34,35,38,39)/t24-,26-/m1/s1. The molecule has 2 atom stereocenters. The normalized spacial score (nSPS) is 12.9. The van der Waals surface area contributed by atoms with Crippen LogP contribution in [0, 0.1) is 5.92 Å². The average molecular weight is 619 g/mol. The lowest BCUT2D eigenvalue weighted by Crippen LogP contribution is -2.47. The van der Waals surface area contributed by atoms with Gasteiger partial charge in [0.15, 0.2) is 5.65 Å². The highest BCUT2D eigenvalue weighted by Crippen LogP contribution is 2.19. The van der Waals surface area contributed by atoms with Gasteiger partial charge in [0.2, 0.25) is 11.9 Å². The van der Waals surface area contributed by atoms with Crippen LogP contribution in [0.15, 0.2) is 54.9 Å². The van der Waals surface area contributed by atoms with Gasteiger partial charge in [0.1, 0.15) is 24.4 Å². The number of benzene rings is 1. The van der Waals surface area contributed by atoms with E-state index < -0.39 is 29.8 Å². The van der Waals surface area contributed by atoms with Crippen molar-refractivity contribution in [1.82, 2.24) is 29.9 Å². The molecular weight excluding hydrogens is 576 g/mol. The minimum Gasteiger partial charge on any atom is -0.461 e. The molecule has 0 aliphatic carbocycles. The second-order valence-corrected chi connectivity index (χ2v) is 11.9. The zero-order valence-corrected chi connectivity index (χ0v) is 26.6. The summed E-state index contributed by atoms with van der Waals surface area (Å²) >= 11 is 0. The first-order chi connectivity index (χ1) is 21.4. The molecule has 1 aromatic carbocycles. The summed E-state index contributed by atoms with van der Waals surface area (Å²) < 4.78 is 12.2. The van der Waals surface area contributed by atoms with Crippen molar-refractivity contribution in [1.29, 1.82) is 0 Å². The first-order valence-electron chi connectivity index (χ1n) is 15.0. The molecule has 4 rings (SSSR count). The topological polar surface area (TPSA) is 165 Å². The van der Waals surface area contributed by atoms with E-state index in [1.165, 1.54) is 0 Å². The van der Waals surface area contributed by atoms with Crippen LogP contribution in [0.1, 0.15) is 52.7 Å². The number of carbonyl (C=O) groups excluding carboxylic acids is 2. The predicted octanol–water partition coefficient (Wildman–Crippen LogP) is 4.23. The molecule has 0 fully saturated rings. The second kappa shape index (κ2) is 14.8. The van der Waals surface area contributed by atoms with E-state index in [1.807, 2.05) is 49.4 Å². The Bertz CT molecular complexity index is 1570. The molecule has 4 aromatic rings. The molecule has 0 bridgehead atoms. The molecule has 1 amide bonds. The number of pyridine rings is 1. The predicted molar refractivity (Wildman–Crippen MR) is 171 cm³/mol. The van der Waals surface area contributed by atoms with Crippen LogP contribution >= 0.6 is 0 Å². The van der Waals surface area contributed by atoms with E-state index in [-0.39, 0.29) is 25.0 Å². The Labute approximate surface area is 262 Å². The largest absolute Gasteiger partial charge is 0.461 e. The Balaban J connectivity index is 1.37. The fourth-order valence-electron chi connectivity index (χ4n) is 4.34. The van der Waals surface area contributed by atoms with E-state index in [1.54, 1.807) is 51.5 Å². The number of rotatable bonds is 13. The number of aliphatic hydroxyl groups excluding tert-OH is 1. The van der Waals surface area contributed by atoms with Gasteiger partial charge < -0.3 is 30.5 Å². The smallest absolute Gasteiger partial charge is 0.408 e. The summed E-state index contributed by atoms with van der Waals surface area (Å²) in [6.07, 6.45) is 2.47. The molecule has 0 saturated carbocycles. The number of hydrogen-bond acceptors (Lipinski definition) is 11. The van der Waals surface area contributed by atoms with Crippen LogP contribution in [0.2, 0.25) is 0 Å². The van der Waals surface area contributed by atoms with Gasteiger partial charge in [-0.3, -0.25) is 4.98 Å². The Morgan fingerprint density at radius 3 is 2.44 bits per heavy atom. The maximum absolute atomic E-state index is 12.7. The van der Waals surface area contributed by atoms with Crippen molar-refractivity contribution in [3.05, 3.63) is 66.0 Å². The van der Waals surface area contributed by atoms with Crippen molar-refractivity contribution in [2.24, 2.45) is 5.92 Å². The number of nitrogens with one attached hydrogen (secondary N) is 3. The van der Waals surface area contributed by atoms with Crippen LogP contribution in [-0.2, 0) is 27.2 Å². The van der Waals surface area contributed by atoms with Gasteiger partial charge in [-0.2, -0.15) is 19.6 Å². The molecule has 0 aliphatic heterocycles. The zero-order valence-electron chi connectivity index (χ0n) is 26.6. The van der Waals surface area contributed by atoms with Gasteiger partial charge in [0.05, 0.1) is 11.9 Å². The quantitative estimate of drug-likeness (QED) is 0.159.